The number of aromatic nitrogens is 1. The van der Waals surface area contributed by atoms with Crippen molar-refractivity contribution in [3.63, 3.8) is 0 Å². The third-order valence-corrected chi connectivity index (χ3v) is 10.5. The van der Waals surface area contributed by atoms with Gasteiger partial charge in [0.1, 0.15) is 5.82 Å². The van der Waals surface area contributed by atoms with Crippen molar-refractivity contribution in [2.45, 2.75) is 103 Å². The number of pyridine rings is 1. The van der Waals surface area contributed by atoms with E-state index in [2.05, 4.69) is 24.1 Å². The summed E-state index contributed by atoms with van der Waals surface area (Å²) in [7, 11) is 0. The fourth-order valence-corrected chi connectivity index (χ4v) is 7.81. The predicted molar refractivity (Wildman–Crippen MR) is 181 cm³/mol. The fraction of sp³-hybridized carbons (Fsp3) is 0.579. The highest BCUT2D eigenvalue weighted by Gasteiger charge is 2.85. The van der Waals surface area contributed by atoms with Crippen molar-refractivity contribution in [1.29, 1.82) is 0 Å². The van der Waals surface area contributed by atoms with Crippen molar-refractivity contribution in [2.75, 3.05) is 25.5 Å². The van der Waals surface area contributed by atoms with Gasteiger partial charge < -0.3 is 25.6 Å². The van der Waals surface area contributed by atoms with Crippen LogP contribution in [-0.4, -0.2) is 64.6 Å². The Morgan fingerprint density at radius 1 is 1.19 bits per heavy atom. The van der Waals surface area contributed by atoms with Gasteiger partial charge >= 0.3 is 5.97 Å². The molecule has 3 aliphatic rings. The van der Waals surface area contributed by atoms with E-state index in [0.29, 0.717) is 36.6 Å². The zero-order valence-corrected chi connectivity index (χ0v) is 28.6. The van der Waals surface area contributed by atoms with Crippen molar-refractivity contribution in [3.8, 4) is 0 Å². The van der Waals surface area contributed by atoms with E-state index in [-0.39, 0.29) is 48.6 Å². The number of hydrogen-bond acceptors (Lipinski definition) is 9. The molecule has 2 heterocycles. The number of benzene rings is 1. The minimum absolute atomic E-state index is 0.0807. The maximum atomic E-state index is 14.6. The van der Waals surface area contributed by atoms with E-state index in [1.807, 2.05) is 32.9 Å². The summed E-state index contributed by atoms with van der Waals surface area (Å²) in [5, 5.41) is 14.1. The maximum absolute atomic E-state index is 14.6. The van der Waals surface area contributed by atoms with Crippen molar-refractivity contribution < 1.29 is 29.0 Å². The number of nitrogen functional groups attached to an aromatic ring is 1. The molecule has 1 saturated carbocycles. The number of fused-ring (bicyclic) bond motifs is 2. The Labute approximate surface area is 278 Å². The standard InChI is InChI=1S/C38H51N3O6/c1-6-25-13-14-31(40-7-2)28(18-25)22-46-36(45)38-35(44)33-27(17-23(3)4)9-8-10-30(33)34(43)37(38,47-38)20-29(21-42)24(5)11-12-26-15-16-41-32(39)19-26/h8-10,15-16,19,23,25,28,31,40,42H,6-7,11-14,17-18,20-22H2,1-5H3,(H2,39,41). The molecule has 5 atom stereocenters. The van der Waals surface area contributed by atoms with Crippen molar-refractivity contribution >= 4 is 23.4 Å². The first-order valence-electron chi connectivity index (χ1n) is 17.3. The molecular formula is C38H51N3O6. The van der Waals surface area contributed by atoms with Gasteiger partial charge in [0.25, 0.3) is 5.60 Å². The smallest absolute Gasteiger partial charge is 0.350 e. The molecule has 2 aromatic rings. The van der Waals surface area contributed by atoms with Crippen LogP contribution in [0, 0.1) is 17.8 Å². The number of aryl methyl sites for hydroxylation is 1. The van der Waals surface area contributed by atoms with Crippen LogP contribution < -0.4 is 11.1 Å². The number of aliphatic hydroxyl groups is 1. The summed E-state index contributed by atoms with van der Waals surface area (Å²) in [6.07, 6.45) is 7.48. The summed E-state index contributed by atoms with van der Waals surface area (Å²) in [6, 6.07) is 9.18. The quantitative estimate of drug-likeness (QED) is 0.106. The lowest BCUT2D eigenvalue weighted by atomic mass is 9.69. The lowest BCUT2D eigenvalue weighted by molar-refractivity contribution is -0.150. The number of ketones is 2. The molecule has 0 bridgehead atoms. The number of carbonyl (C=O) groups is 3. The normalized spacial score (nSPS) is 27.3. The molecule has 47 heavy (non-hydrogen) atoms. The maximum Gasteiger partial charge on any atom is 0.350 e. The monoisotopic (exact) mass is 645 g/mol. The minimum atomic E-state index is -2.09. The van der Waals surface area contributed by atoms with Gasteiger partial charge in [-0.3, -0.25) is 9.59 Å². The zero-order chi connectivity index (χ0) is 33.9. The van der Waals surface area contributed by atoms with E-state index < -0.39 is 28.7 Å². The number of carbonyl (C=O) groups excluding carboxylic acids is 3. The van der Waals surface area contributed by atoms with Crippen LogP contribution in [-0.2, 0) is 27.1 Å². The SMILES string of the molecule is CCNC1CCC(CC)CC1COC(=O)C12OC1(CC(CO)=C(C)CCc1ccnc(N)c1)C(=O)c1cccc(CC(C)C)c1C2=O. The Balaban J connectivity index is 1.48. The number of rotatable bonds is 14. The molecule has 2 aliphatic carbocycles. The number of Topliss-reactive ketones (excluding diaryl/α,β-unsaturated/α-hetero) is 2. The Morgan fingerprint density at radius 3 is 2.66 bits per heavy atom. The van der Waals surface area contributed by atoms with Crippen molar-refractivity contribution in [2.24, 2.45) is 17.8 Å². The van der Waals surface area contributed by atoms with Crippen LogP contribution in [0.4, 0.5) is 5.82 Å². The molecule has 2 fully saturated rings. The molecule has 9 heteroatoms. The van der Waals surface area contributed by atoms with Gasteiger partial charge in [0.15, 0.2) is 11.4 Å². The molecular weight excluding hydrogens is 594 g/mol. The Morgan fingerprint density at radius 2 is 1.98 bits per heavy atom. The van der Waals surface area contributed by atoms with Crippen LogP contribution in [0.25, 0.3) is 0 Å². The van der Waals surface area contributed by atoms with E-state index in [1.54, 1.807) is 24.4 Å². The van der Waals surface area contributed by atoms with Gasteiger partial charge in [-0.05, 0) is 92.7 Å². The molecule has 4 N–H and O–H groups in total. The number of epoxide rings is 1. The van der Waals surface area contributed by atoms with Crippen LogP contribution in [0.2, 0.25) is 0 Å². The number of aliphatic hydroxyl groups excluding tert-OH is 1. The Hall–Kier alpha value is -3.40. The topological polar surface area (TPSA) is 144 Å². The summed E-state index contributed by atoms with van der Waals surface area (Å²) < 4.78 is 12.3. The van der Waals surface area contributed by atoms with Crippen molar-refractivity contribution in [1.82, 2.24) is 10.3 Å². The van der Waals surface area contributed by atoms with Crippen LogP contribution >= 0.6 is 0 Å². The number of nitrogens with zero attached hydrogens (tertiary/aromatic N) is 1. The first kappa shape index (κ1) is 34.9. The van der Waals surface area contributed by atoms with E-state index in [1.165, 1.54) is 0 Å². The lowest BCUT2D eigenvalue weighted by Crippen LogP contribution is -2.52. The van der Waals surface area contributed by atoms with Crippen LogP contribution in [0.5, 0.6) is 0 Å². The van der Waals surface area contributed by atoms with Crippen LogP contribution in [0.15, 0.2) is 47.7 Å². The number of anilines is 1. The number of esters is 1. The highest BCUT2D eigenvalue weighted by Crippen LogP contribution is 2.60. The third kappa shape index (κ3) is 6.67. The predicted octanol–water partition coefficient (Wildman–Crippen LogP) is 5.43. The second kappa shape index (κ2) is 14.4. The first-order chi connectivity index (χ1) is 22.5. The molecule has 1 saturated heterocycles. The van der Waals surface area contributed by atoms with Gasteiger partial charge in [-0.15, -0.1) is 0 Å². The number of nitrogens with two attached hydrogens (primary N) is 1. The highest BCUT2D eigenvalue weighted by molar-refractivity contribution is 6.33. The second-order valence-corrected chi connectivity index (χ2v) is 14.1. The highest BCUT2D eigenvalue weighted by atomic mass is 16.7. The largest absolute Gasteiger partial charge is 0.463 e. The number of nitrogens with one attached hydrogen (secondary N) is 1. The molecule has 5 rings (SSSR count). The van der Waals surface area contributed by atoms with Crippen molar-refractivity contribution in [3.05, 3.63) is 69.9 Å². The summed E-state index contributed by atoms with van der Waals surface area (Å²) in [6.45, 7) is 10.9. The first-order valence-corrected chi connectivity index (χ1v) is 17.3. The van der Waals surface area contributed by atoms with Gasteiger partial charge in [-0.1, -0.05) is 57.9 Å². The Bertz CT molecular complexity index is 1540. The summed E-state index contributed by atoms with van der Waals surface area (Å²) >= 11 is 0. The molecule has 254 valence electrons. The van der Waals surface area contributed by atoms with Gasteiger partial charge in [-0.25, -0.2) is 9.78 Å². The number of ether oxygens (including phenoxy) is 2. The molecule has 0 radical (unpaired) electrons. The molecule has 1 aliphatic heterocycles. The van der Waals surface area contributed by atoms with Gasteiger partial charge in [0.05, 0.1) is 13.2 Å². The summed E-state index contributed by atoms with van der Waals surface area (Å²) in [4.78, 5) is 47.4. The van der Waals surface area contributed by atoms with E-state index in [0.717, 1.165) is 48.9 Å². The Kier molecular flexibility index (Phi) is 10.7. The molecule has 0 spiro atoms. The summed E-state index contributed by atoms with van der Waals surface area (Å²) in [5.74, 6) is -0.442. The molecule has 1 aromatic heterocycles. The fourth-order valence-electron chi connectivity index (χ4n) is 7.81. The van der Waals surface area contributed by atoms with E-state index in [9.17, 15) is 19.5 Å². The van der Waals surface area contributed by atoms with Gasteiger partial charge in [0, 0.05) is 35.7 Å². The zero-order valence-electron chi connectivity index (χ0n) is 28.6. The van der Waals surface area contributed by atoms with Crippen LogP contribution in [0.3, 0.4) is 0 Å². The van der Waals surface area contributed by atoms with Gasteiger partial charge in [0.2, 0.25) is 5.78 Å². The van der Waals surface area contributed by atoms with E-state index >= 15 is 0 Å². The number of hydrogen-bond donors (Lipinski definition) is 3. The van der Waals surface area contributed by atoms with Gasteiger partial charge in [-0.2, -0.15) is 0 Å². The average molecular weight is 646 g/mol. The molecule has 5 unspecified atom stereocenters. The van der Waals surface area contributed by atoms with Crippen LogP contribution in [0.1, 0.15) is 105 Å². The molecule has 0 amide bonds. The molecule has 9 nitrogen and oxygen atoms in total. The van der Waals surface area contributed by atoms with E-state index in [4.69, 9.17) is 15.2 Å². The second-order valence-electron chi connectivity index (χ2n) is 14.1. The number of allylic oxidation sites excluding steroid dienone is 1. The summed E-state index contributed by atoms with van der Waals surface area (Å²) in [5.41, 5.74) is 5.66. The average Bonchev–Trinajstić information content (AvgIpc) is 3.76. The lowest BCUT2D eigenvalue weighted by Gasteiger charge is -2.36. The minimum Gasteiger partial charge on any atom is -0.463 e. The molecule has 1 aromatic carbocycles. The third-order valence-electron chi connectivity index (χ3n) is 10.5.